The zero-order valence-corrected chi connectivity index (χ0v) is 25.6. The highest BCUT2D eigenvalue weighted by Crippen LogP contribution is 2.59. The van der Waals surface area contributed by atoms with Crippen LogP contribution in [0.4, 0.5) is 4.79 Å². The highest BCUT2D eigenvalue weighted by Gasteiger charge is 2.61. The summed E-state index contributed by atoms with van der Waals surface area (Å²) in [6.45, 7) is -0.145. The maximum absolute atomic E-state index is 13.9. The van der Waals surface area contributed by atoms with E-state index < -0.39 is 35.7 Å². The third kappa shape index (κ3) is 8.13. The highest BCUT2D eigenvalue weighted by molar-refractivity contribution is 5.86. The normalized spacial score (nSPS) is 25.2. The van der Waals surface area contributed by atoms with Crippen molar-refractivity contribution in [1.29, 1.82) is 0 Å². The van der Waals surface area contributed by atoms with Crippen LogP contribution in [-0.4, -0.2) is 70.7 Å². The van der Waals surface area contributed by atoms with E-state index in [0.29, 0.717) is 50.8 Å². The zero-order valence-electron chi connectivity index (χ0n) is 25.6. The van der Waals surface area contributed by atoms with E-state index in [1.165, 1.54) is 4.90 Å². The van der Waals surface area contributed by atoms with Crippen molar-refractivity contribution in [3.05, 3.63) is 66.2 Å². The predicted molar refractivity (Wildman–Crippen MR) is 166 cm³/mol. The lowest BCUT2D eigenvalue weighted by Gasteiger charge is -2.64. The van der Waals surface area contributed by atoms with Crippen LogP contribution in [0.15, 0.2) is 60.7 Å². The molecule has 4 fully saturated rings. The molecular weight excluding hydrogens is 576 g/mol. The molecule has 4 saturated carbocycles. The van der Waals surface area contributed by atoms with Gasteiger partial charge in [0.2, 0.25) is 5.91 Å². The Morgan fingerprint density at radius 3 is 2.27 bits per heavy atom. The van der Waals surface area contributed by atoms with Crippen molar-refractivity contribution >= 4 is 23.9 Å². The van der Waals surface area contributed by atoms with Crippen LogP contribution in [-0.2, 0) is 25.7 Å². The lowest BCUT2D eigenvalue weighted by molar-refractivity contribution is -0.166. The van der Waals surface area contributed by atoms with Crippen molar-refractivity contribution in [2.45, 2.75) is 81.5 Å². The van der Waals surface area contributed by atoms with Crippen LogP contribution in [0.5, 0.6) is 5.75 Å². The Labute approximate surface area is 263 Å². The van der Waals surface area contributed by atoms with Gasteiger partial charge in [0.1, 0.15) is 24.9 Å². The molecule has 2 unspecified atom stereocenters. The van der Waals surface area contributed by atoms with Gasteiger partial charge in [0.25, 0.3) is 5.91 Å². The Kier molecular flexibility index (Phi) is 10.3. The fraction of sp³-hybridized carbons (Fsp3) is 0.529. The first-order chi connectivity index (χ1) is 21.7. The summed E-state index contributed by atoms with van der Waals surface area (Å²) < 4.78 is 11.1. The Hall–Kier alpha value is -4.12. The molecule has 11 nitrogen and oxygen atoms in total. The van der Waals surface area contributed by atoms with Gasteiger partial charge in [-0.3, -0.25) is 14.4 Å². The molecule has 5 N–H and O–H groups in total. The number of para-hydroxylation sites is 1. The Morgan fingerprint density at radius 1 is 0.956 bits per heavy atom. The molecule has 0 spiro atoms. The number of unbranched alkanes of at least 4 members (excludes halogenated alkanes) is 1. The second-order valence-electron chi connectivity index (χ2n) is 13.0. The van der Waals surface area contributed by atoms with Gasteiger partial charge in [-0.1, -0.05) is 48.5 Å². The quantitative estimate of drug-likeness (QED) is 0.220. The molecule has 0 radical (unpaired) electrons. The average molecular weight is 621 g/mol. The molecule has 0 aromatic heterocycles. The number of carboxylic acid groups (broad SMARTS) is 1. The summed E-state index contributed by atoms with van der Waals surface area (Å²) in [6.07, 6.45) is 5.41. The molecule has 4 aliphatic rings. The van der Waals surface area contributed by atoms with E-state index in [-0.39, 0.29) is 36.9 Å². The summed E-state index contributed by atoms with van der Waals surface area (Å²) in [5, 5.41) is 15.9. The van der Waals surface area contributed by atoms with Gasteiger partial charge in [0, 0.05) is 11.1 Å². The molecule has 4 aliphatic carbocycles. The second-order valence-corrected chi connectivity index (χ2v) is 13.0. The topological polar surface area (TPSA) is 160 Å². The SMILES string of the molecule is NCCCC[C@H](NC(=O)OCc1ccccc1)C(=O)NC12C[C@H]3C[C@@H](C1)CC(N(CC(=O)O)C(=O)COc1ccccc1)(C3)C2. The zero-order chi connectivity index (χ0) is 31.9. The Morgan fingerprint density at radius 2 is 1.62 bits per heavy atom. The largest absolute Gasteiger partial charge is 0.484 e. The van der Waals surface area contributed by atoms with Crippen molar-refractivity contribution < 1.29 is 33.8 Å². The van der Waals surface area contributed by atoms with Crippen LogP contribution < -0.4 is 21.1 Å². The van der Waals surface area contributed by atoms with E-state index in [1.807, 2.05) is 48.5 Å². The molecule has 2 aromatic rings. The maximum atomic E-state index is 13.9. The predicted octanol–water partition coefficient (Wildman–Crippen LogP) is 3.61. The molecule has 4 bridgehead atoms. The van der Waals surface area contributed by atoms with Gasteiger partial charge in [-0.05, 0) is 93.9 Å². The second kappa shape index (κ2) is 14.3. The molecule has 6 rings (SSSR count). The minimum atomic E-state index is -1.09. The molecule has 2 aromatic carbocycles. The van der Waals surface area contributed by atoms with Crippen LogP contribution in [0.1, 0.15) is 63.4 Å². The first-order valence-corrected chi connectivity index (χ1v) is 15.9. The van der Waals surface area contributed by atoms with Gasteiger partial charge >= 0.3 is 12.1 Å². The summed E-state index contributed by atoms with van der Waals surface area (Å²) >= 11 is 0. The lowest BCUT2D eigenvalue weighted by atomic mass is 9.49. The molecule has 0 saturated heterocycles. The van der Waals surface area contributed by atoms with Gasteiger partial charge in [0.05, 0.1) is 0 Å². The smallest absolute Gasteiger partial charge is 0.408 e. The van der Waals surface area contributed by atoms with Crippen LogP contribution in [0.2, 0.25) is 0 Å². The Balaban J connectivity index is 1.30. The summed E-state index contributed by atoms with van der Waals surface area (Å²) in [5.41, 5.74) is 5.22. The number of nitrogens with two attached hydrogens (primary N) is 1. The van der Waals surface area contributed by atoms with Crippen LogP contribution in [0.25, 0.3) is 0 Å². The van der Waals surface area contributed by atoms with Gasteiger partial charge in [-0.25, -0.2) is 4.79 Å². The van der Waals surface area contributed by atoms with Crippen molar-refractivity contribution in [3.63, 3.8) is 0 Å². The molecule has 5 atom stereocenters. The van der Waals surface area contributed by atoms with Crippen molar-refractivity contribution in [3.8, 4) is 5.75 Å². The molecular formula is C34H44N4O7. The number of hydrogen-bond acceptors (Lipinski definition) is 7. The molecule has 242 valence electrons. The molecule has 0 aliphatic heterocycles. The maximum Gasteiger partial charge on any atom is 0.408 e. The van der Waals surface area contributed by atoms with Gasteiger partial charge < -0.3 is 35.8 Å². The van der Waals surface area contributed by atoms with Crippen molar-refractivity contribution in [2.24, 2.45) is 17.6 Å². The van der Waals surface area contributed by atoms with Crippen LogP contribution in [0, 0.1) is 11.8 Å². The van der Waals surface area contributed by atoms with E-state index in [2.05, 4.69) is 10.6 Å². The summed E-state index contributed by atoms with van der Waals surface area (Å²) in [5.74, 6) is -0.757. The number of nitrogens with zero attached hydrogens (tertiary/aromatic N) is 1. The standard InChI is InChI=1S/C34H44N4O7/c35-14-8-7-13-28(36-32(43)45-21-24-9-3-1-4-10-24)31(42)37-33-16-25-15-26(17-33)19-34(18-25,23-33)38(20-30(40)41)29(39)22-44-27-11-5-2-6-12-27/h1-6,9-12,25-26,28H,7-8,13-23,35H2,(H,36,43)(H,37,42)(H,40,41)/t25-,26+,28-,33?,34?/m0/s1. The van der Waals surface area contributed by atoms with Crippen molar-refractivity contribution in [1.82, 2.24) is 15.5 Å². The first kappa shape index (κ1) is 32.3. The fourth-order valence-corrected chi connectivity index (χ4v) is 8.09. The van der Waals surface area contributed by atoms with E-state index >= 15 is 0 Å². The Bertz CT molecular complexity index is 1320. The number of rotatable bonds is 15. The lowest BCUT2D eigenvalue weighted by Crippen LogP contribution is -2.72. The van der Waals surface area contributed by atoms with Crippen molar-refractivity contribution in [2.75, 3.05) is 19.7 Å². The van der Waals surface area contributed by atoms with E-state index in [1.54, 1.807) is 12.1 Å². The average Bonchev–Trinajstić information content (AvgIpc) is 3.01. The van der Waals surface area contributed by atoms with E-state index in [9.17, 15) is 24.3 Å². The highest BCUT2D eigenvalue weighted by atomic mass is 16.5. The molecule has 11 heteroatoms. The number of alkyl carbamates (subject to hydrolysis) is 1. The number of nitrogens with one attached hydrogen (secondary N) is 2. The summed E-state index contributed by atoms with van der Waals surface area (Å²) in [6, 6.07) is 17.5. The summed E-state index contributed by atoms with van der Waals surface area (Å²) in [4.78, 5) is 53.8. The monoisotopic (exact) mass is 620 g/mol. The number of aliphatic carboxylic acids is 1. The summed E-state index contributed by atoms with van der Waals surface area (Å²) in [7, 11) is 0. The van der Waals surface area contributed by atoms with Crippen LogP contribution >= 0.6 is 0 Å². The number of benzene rings is 2. The molecule has 3 amide bonds. The number of hydrogen-bond donors (Lipinski definition) is 4. The number of carboxylic acids is 1. The third-order valence-electron chi connectivity index (χ3n) is 9.46. The number of amides is 3. The minimum absolute atomic E-state index is 0.0844. The van der Waals surface area contributed by atoms with Gasteiger partial charge in [-0.15, -0.1) is 0 Å². The molecule has 45 heavy (non-hydrogen) atoms. The number of carbonyl (C=O) groups excluding carboxylic acids is 3. The van der Waals surface area contributed by atoms with Gasteiger partial charge in [0.15, 0.2) is 6.61 Å². The minimum Gasteiger partial charge on any atom is -0.484 e. The van der Waals surface area contributed by atoms with Gasteiger partial charge in [-0.2, -0.15) is 0 Å². The first-order valence-electron chi connectivity index (χ1n) is 15.9. The third-order valence-corrected chi connectivity index (χ3v) is 9.46. The number of carbonyl (C=O) groups is 4. The number of ether oxygens (including phenoxy) is 2. The van der Waals surface area contributed by atoms with E-state index in [4.69, 9.17) is 15.2 Å². The fourth-order valence-electron chi connectivity index (χ4n) is 8.09. The molecule has 0 heterocycles. The van der Waals surface area contributed by atoms with Crippen LogP contribution in [0.3, 0.4) is 0 Å². The van der Waals surface area contributed by atoms with E-state index in [0.717, 1.165) is 24.8 Å².